The topological polar surface area (TPSA) is 69.0 Å². The van der Waals surface area contributed by atoms with Crippen molar-refractivity contribution < 1.29 is 27.4 Å². The van der Waals surface area contributed by atoms with Gasteiger partial charge in [-0.05, 0) is 25.1 Å². The van der Waals surface area contributed by atoms with Crippen molar-refractivity contribution in [2.75, 3.05) is 37.8 Å². The molecule has 1 aliphatic heterocycles. The van der Waals surface area contributed by atoms with E-state index in [0.29, 0.717) is 26.3 Å². The van der Waals surface area contributed by atoms with Crippen LogP contribution in [0.5, 0.6) is 0 Å². The second-order valence-electron chi connectivity index (χ2n) is 6.93. The molecule has 12 heteroatoms. The van der Waals surface area contributed by atoms with Crippen LogP contribution in [0, 0.1) is 0 Å². The first-order valence-electron chi connectivity index (χ1n) is 9.66. The van der Waals surface area contributed by atoms with E-state index in [-0.39, 0.29) is 44.8 Å². The predicted molar refractivity (Wildman–Crippen MR) is 112 cm³/mol. The van der Waals surface area contributed by atoms with Crippen molar-refractivity contribution in [1.82, 2.24) is 14.6 Å². The molecular weight excluding hydrogens is 472 g/mol. The van der Waals surface area contributed by atoms with Crippen LogP contribution >= 0.6 is 23.2 Å². The van der Waals surface area contributed by atoms with Gasteiger partial charge in [0.1, 0.15) is 11.3 Å². The van der Waals surface area contributed by atoms with Crippen LogP contribution in [0.15, 0.2) is 24.4 Å². The zero-order chi connectivity index (χ0) is 23.0. The van der Waals surface area contributed by atoms with Crippen LogP contribution in [0.2, 0.25) is 10.0 Å². The number of nitrogens with zero attached hydrogens (tertiary/aromatic N) is 4. The zero-order valence-corrected chi connectivity index (χ0v) is 18.3. The van der Waals surface area contributed by atoms with Crippen LogP contribution < -0.4 is 4.90 Å². The molecule has 3 heterocycles. The smallest absolute Gasteiger partial charge is 0.435 e. The molecule has 170 valence electrons. The Hall–Kier alpha value is -2.56. The number of anilines is 1. The average molecular weight is 489 g/mol. The highest BCUT2D eigenvalue weighted by Gasteiger charge is 2.40. The van der Waals surface area contributed by atoms with Crippen molar-refractivity contribution in [3.05, 3.63) is 45.7 Å². The van der Waals surface area contributed by atoms with Gasteiger partial charge in [-0.2, -0.15) is 18.3 Å². The fourth-order valence-corrected chi connectivity index (χ4v) is 4.11. The number of rotatable bonds is 4. The molecular formula is C20H17Cl2F3N4O3. The Morgan fingerprint density at radius 2 is 1.84 bits per heavy atom. The number of fused-ring (bicyclic) bond motifs is 1. The number of imidazole rings is 1. The Morgan fingerprint density at radius 3 is 2.44 bits per heavy atom. The highest BCUT2D eigenvalue weighted by molar-refractivity contribution is 6.35. The second kappa shape index (κ2) is 8.76. The number of benzene rings is 1. The Balaban J connectivity index is 2.05. The van der Waals surface area contributed by atoms with Crippen molar-refractivity contribution in [2.45, 2.75) is 13.1 Å². The monoisotopic (exact) mass is 488 g/mol. The molecule has 0 bridgehead atoms. The Labute approximate surface area is 190 Å². The number of halogens is 5. The minimum absolute atomic E-state index is 0.0238. The minimum Gasteiger partial charge on any atom is -0.462 e. The lowest BCUT2D eigenvalue weighted by Crippen LogP contribution is -2.37. The lowest BCUT2D eigenvalue weighted by atomic mass is 10.1. The predicted octanol–water partition coefficient (Wildman–Crippen LogP) is 4.74. The van der Waals surface area contributed by atoms with E-state index in [1.54, 1.807) is 11.8 Å². The number of hydrogen-bond acceptors (Lipinski definition) is 6. The molecule has 0 saturated carbocycles. The van der Waals surface area contributed by atoms with Gasteiger partial charge in [0.2, 0.25) is 0 Å². The molecule has 0 spiro atoms. The third-order valence-corrected chi connectivity index (χ3v) is 5.29. The number of aromatic nitrogens is 3. The molecule has 1 aromatic carbocycles. The molecule has 7 nitrogen and oxygen atoms in total. The molecule has 32 heavy (non-hydrogen) atoms. The second-order valence-corrected chi connectivity index (χ2v) is 7.80. The van der Waals surface area contributed by atoms with Gasteiger partial charge in [0.15, 0.2) is 11.3 Å². The third kappa shape index (κ3) is 4.22. The standard InChI is InChI=1S/C20H17Cl2F3N4O3/c1-2-32-19(30)14-10-26-29-15(11-7-12(21)9-13(22)8-11)17(20(23,24)25)27-18(29)16(14)28-3-5-31-6-4-28/h7-10H,2-6H2,1H3. The third-order valence-electron chi connectivity index (χ3n) is 4.85. The molecule has 0 aliphatic carbocycles. The van der Waals surface area contributed by atoms with Gasteiger partial charge >= 0.3 is 12.1 Å². The summed E-state index contributed by atoms with van der Waals surface area (Å²) in [6.45, 7) is 3.15. The molecule has 4 rings (SSSR count). The molecule has 2 aromatic heterocycles. The Bertz CT molecular complexity index is 1160. The van der Waals surface area contributed by atoms with Crippen LogP contribution in [0.4, 0.5) is 18.9 Å². The molecule has 1 fully saturated rings. The summed E-state index contributed by atoms with van der Waals surface area (Å²) in [4.78, 5) is 18.2. The zero-order valence-electron chi connectivity index (χ0n) is 16.7. The van der Waals surface area contributed by atoms with Crippen LogP contribution in [-0.2, 0) is 15.7 Å². The first-order chi connectivity index (χ1) is 15.2. The van der Waals surface area contributed by atoms with Gasteiger partial charge < -0.3 is 14.4 Å². The summed E-state index contributed by atoms with van der Waals surface area (Å²) in [6.07, 6.45) is -3.61. The first-order valence-corrected chi connectivity index (χ1v) is 10.4. The molecule has 0 unspecified atom stereocenters. The highest BCUT2D eigenvalue weighted by Crippen LogP contribution is 2.40. The van der Waals surface area contributed by atoms with Crippen LogP contribution in [0.1, 0.15) is 23.0 Å². The minimum atomic E-state index is -4.80. The van der Waals surface area contributed by atoms with Crippen LogP contribution in [0.3, 0.4) is 0 Å². The van der Waals surface area contributed by atoms with E-state index in [2.05, 4.69) is 10.1 Å². The quantitative estimate of drug-likeness (QED) is 0.494. The van der Waals surface area contributed by atoms with Gasteiger partial charge in [-0.25, -0.2) is 14.3 Å². The van der Waals surface area contributed by atoms with E-state index in [0.717, 1.165) is 4.52 Å². The van der Waals surface area contributed by atoms with Crippen LogP contribution in [0.25, 0.3) is 16.9 Å². The molecule has 3 aromatic rings. The summed E-state index contributed by atoms with van der Waals surface area (Å²) < 4.78 is 53.6. The molecule has 0 amide bonds. The summed E-state index contributed by atoms with van der Waals surface area (Å²) in [7, 11) is 0. The highest BCUT2D eigenvalue weighted by atomic mass is 35.5. The molecule has 1 saturated heterocycles. The SMILES string of the molecule is CCOC(=O)c1cnn2c(-c3cc(Cl)cc(Cl)c3)c(C(F)(F)F)nc2c1N1CCOCC1. The van der Waals surface area contributed by atoms with Gasteiger partial charge in [-0.15, -0.1) is 0 Å². The fraction of sp³-hybridized carbons (Fsp3) is 0.350. The van der Waals surface area contributed by atoms with Gasteiger partial charge in [0.25, 0.3) is 0 Å². The van der Waals surface area contributed by atoms with Crippen LogP contribution in [-0.4, -0.2) is 53.5 Å². The molecule has 0 radical (unpaired) electrons. The maximum absolute atomic E-state index is 14.0. The normalized spacial score (nSPS) is 14.8. The van der Waals surface area contributed by atoms with Crippen molar-refractivity contribution in [2.24, 2.45) is 0 Å². The summed E-state index contributed by atoms with van der Waals surface area (Å²) in [5.74, 6) is -0.701. The maximum Gasteiger partial charge on any atom is 0.435 e. The molecule has 0 atom stereocenters. The number of alkyl halides is 3. The Kier molecular flexibility index (Phi) is 6.19. The molecule has 0 N–H and O–H groups in total. The average Bonchev–Trinajstić information content (AvgIpc) is 3.13. The van der Waals surface area contributed by atoms with E-state index in [9.17, 15) is 18.0 Å². The van der Waals surface area contributed by atoms with E-state index >= 15 is 0 Å². The molecule has 1 aliphatic rings. The number of morpholine rings is 1. The summed E-state index contributed by atoms with van der Waals surface area (Å²) in [6, 6.07) is 4.11. The largest absolute Gasteiger partial charge is 0.462 e. The fourth-order valence-electron chi connectivity index (χ4n) is 3.58. The van der Waals surface area contributed by atoms with E-state index in [4.69, 9.17) is 32.7 Å². The Morgan fingerprint density at radius 1 is 1.19 bits per heavy atom. The number of ether oxygens (including phenoxy) is 2. The van der Waals surface area contributed by atoms with Crippen molar-refractivity contribution in [1.29, 1.82) is 0 Å². The van der Waals surface area contributed by atoms with E-state index < -0.39 is 17.8 Å². The van der Waals surface area contributed by atoms with Crippen molar-refractivity contribution in [3.63, 3.8) is 0 Å². The number of esters is 1. The van der Waals surface area contributed by atoms with Crippen molar-refractivity contribution >= 4 is 40.5 Å². The maximum atomic E-state index is 14.0. The van der Waals surface area contributed by atoms with Crippen molar-refractivity contribution in [3.8, 4) is 11.3 Å². The first kappa shape index (κ1) is 22.6. The lowest BCUT2D eigenvalue weighted by molar-refractivity contribution is -0.140. The van der Waals surface area contributed by atoms with Gasteiger partial charge in [-0.1, -0.05) is 23.2 Å². The van der Waals surface area contributed by atoms with E-state index in [1.165, 1.54) is 24.4 Å². The summed E-state index contributed by atoms with van der Waals surface area (Å²) >= 11 is 12.1. The number of carbonyl (C=O) groups is 1. The summed E-state index contributed by atoms with van der Waals surface area (Å²) in [5.41, 5.74) is -1.31. The number of hydrogen-bond donors (Lipinski definition) is 0. The van der Waals surface area contributed by atoms with Gasteiger partial charge in [0.05, 0.1) is 31.7 Å². The summed E-state index contributed by atoms with van der Waals surface area (Å²) in [5, 5.41) is 4.44. The van der Waals surface area contributed by atoms with Gasteiger partial charge in [0, 0.05) is 28.7 Å². The van der Waals surface area contributed by atoms with E-state index in [1.807, 2.05) is 0 Å². The number of carbonyl (C=O) groups excluding carboxylic acids is 1. The lowest BCUT2D eigenvalue weighted by Gasteiger charge is -2.30. The van der Waals surface area contributed by atoms with Gasteiger partial charge in [-0.3, -0.25) is 0 Å².